The molecule has 2 amide bonds. The van der Waals surface area contributed by atoms with Crippen LogP contribution in [0.1, 0.15) is 54.4 Å². The molecule has 0 heterocycles. The van der Waals surface area contributed by atoms with Crippen molar-refractivity contribution in [2.24, 2.45) is 5.92 Å². The Hall–Kier alpha value is -1.34. The van der Waals surface area contributed by atoms with Crippen LogP contribution in [0.4, 0.5) is 4.79 Å². The van der Waals surface area contributed by atoms with Gasteiger partial charge in [-0.3, -0.25) is 10.1 Å². The monoisotopic (exact) mass is 330 g/mol. The first-order valence-electron chi connectivity index (χ1n) is 7.83. The minimum Gasteiger partial charge on any atom is -0.444 e. The van der Waals surface area contributed by atoms with Gasteiger partial charge in [0.15, 0.2) is 0 Å². The Morgan fingerprint density at radius 3 is 2.09 bits per heavy atom. The van der Waals surface area contributed by atoms with Crippen LogP contribution < -0.4 is 10.6 Å². The fourth-order valence-electron chi connectivity index (χ4n) is 2.48. The molecule has 0 aliphatic heterocycles. The van der Waals surface area contributed by atoms with Crippen molar-refractivity contribution in [1.29, 1.82) is 0 Å². The summed E-state index contributed by atoms with van der Waals surface area (Å²) in [6.45, 7) is 10.9. The van der Waals surface area contributed by atoms with E-state index in [9.17, 15) is 14.7 Å². The van der Waals surface area contributed by atoms with Crippen molar-refractivity contribution in [3.63, 3.8) is 0 Å². The standard InChI is InChI=1S/C16H30N2O5/c1-14(2,3)17-12(20)11(19)10-8-16(9-10,22-7)18-13(21)23-15(4,5)6/h10-11,19H,8-9H2,1-7H3,(H,17,20)(H,18,21). The van der Waals surface area contributed by atoms with Crippen LogP contribution in [-0.4, -0.2) is 47.2 Å². The lowest BCUT2D eigenvalue weighted by Gasteiger charge is -2.48. The van der Waals surface area contributed by atoms with Gasteiger partial charge in [0.2, 0.25) is 5.91 Å². The predicted molar refractivity (Wildman–Crippen MR) is 85.7 cm³/mol. The summed E-state index contributed by atoms with van der Waals surface area (Å²) in [6, 6.07) is 0. The highest BCUT2D eigenvalue weighted by atomic mass is 16.6. The first-order valence-corrected chi connectivity index (χ1v) is 7.83. The van der Waals surface area contributed by atoms with Crippen molar-refractivity contribution in [2.75, 3.05) is 7.11 Å². The first kappa shape index (κ1) is 19.7. The molecule has 7 nitrogen and oxygen atoms in total. The summed E-state index contributed by atoms with van der Waals surface area (Å²) in [5.74, 6) is -0.684. The number of carbonyl (C=O) groups is 2. The summed E-state index contributed by atoms with van der Waals surface area (Å²) < 4.78 is 10.6. The molecule has 1 unspecified atom stereocenters. The zero-order chi connectivity index (χ0) is 18.1. The molecular weight excluding hydrogens is 300 g/mol. The van der Waals surface area contributed by atoms with Crippen LogP contribution in [0.25, 0.3) is 0 Å². The highest BCUT2D eigenvalue weighted by Gasteiger charge is 2.51. The molecular formula is C16H30N2O5. The molecule has 0 aromatic carbocycles. The lowest BCUT2D eigenvalue weighted by atomic mass is 9.73. The number of rotatable bonds is 4. The number of nitrogens with one attached hydrogen (secondary N) is 2. The third-order valence-electron chi connectivity index (χ3n) is 3.52. The summed E-state index contributed by atoms with van der Waals surface area (Å²) in [6.07, 6.45) is -1.01. The number of hydrogen-bond donors (Lipinski definition) is 3. The van der Waals surface area contributed by atoms with Gasteiger partial charge in [-0.25, -0.2) is 4.79 Å². The zero-order valence-electron chi connectivity index (χ0n) is 15.1. The molecule has 0 aromatic rings. The van der Waals surface area contributed by atoms with Crippen LogP contribution >= 0.6 is 0 Å². The van der Waals surface area contributed by atoms with Crippen LogP contribution in [0.5, 0.6) is 0 Å². The Morgan fingerprint density at radius 2 is 1.70 bits per heavy atom. The third kappa shape index (κ3) is 5.99. The number of methoxy groups -OCH3 is 1. The molecule has 1 aliphatic carbocycles. The topological polar surface area (TPSA) is 96.9 Å². The summed E-state index contributed by atoms with van der Waals surface area (Å²) in [7, 11) is 1.48. The van der Waals surface area contributed by atoms with Gasteiger partial charge in [0.05, 0.1) is 0 Å². The Labute approximate surface area is 138 Å². The van der Waals surface area contributed by atoms with Crippen molar-refractivity contribution in [2.45, 2.75) is 77.4 Å². The predicted octanol–water partition coefficient (Wildman–Crippen LogP) is 1.54. The lowest BCUT2D eigenvalue weighted by molar-refractivity contribution is -0.163. The summed E-state index contributed by atoms with van der Waals surface area (Å²) in [5.41, 5.74) is -1.90. The number of ether oxygens (including phenoxy) is 2. The van der Waals surface area contributed by atoms with Gasteiger partial charge in [0.25, 0.3) is 0 Å². The van der Waals surface area contributed by atoms with E-state index in [2.05, 4.69) is 10.6 Å². The molecule has 23 heavy (non-hydrogen) atoms. The number of aliphatic hydroxyl groups excluding tert-OH is 1. The highest BCUT2D eigenvalue weighted by molar-refractivity contribution is 5.81. The number of hydrogen-bond acceptors (Lipinski definition) is 5. The van der Waals surface area contributed by atoms with Gasteiger partial charge >= 0.3 is 6.09 Å². The third-order valence-corrected chi connectivity index (χ3v) is 3.52. The van der Waals surface area contributed by atoms with Gasteiger partial charge in [-0.1, -0.05) is 0 Å². The second-order valence-electron chi connectivity index (χ2n) is 8.18. The van der Waals surface area contributed by atoms with E-state index in [1.807, 2.05) is 20.8 Å². The number of carbonyl (C=O) groups excluding carboxylic acids is 2. The molecule has 0 saturated heterocycles. The molecule has 134 valence electrons. The maximum atomic E-state index is 12.0. The Morgan fingerprint density at radius 1 is 1.17 bits per heavy atom. The molecule has 7 heteroatoms. The average molecular weight is 330 g/mol. The molecule has 0 spiro atoms. The molecule has 0 bridgehead atoms. The van der Waals surface area contributed by atoms with Gasteiger partial charge in [0, 0.05) is 31.4 Å². The Kier molecular flexibility index (Phi) is 5.70. The molecule has 1 saturated carbocycles. The van der Waals surface area contributed by atoms with E-state index in [4.69, 9.17) is 9.47 Å². The molecule has 0 radical (unpaired) electrons. The molecule has 3 N–H and O–H groups in total. The van der Waals surface area contributed by atoms with Crippen molar-refractivity contribution in [3.05, 3.63) is 0 Å². The second-order valence-corrected chi connectivity index (χ2v) is 8.18. The quantitative estimate of drug-likeness (QED) is 0.679. The SMILES string of the molecule is COC1(NC(=O)OC(C)(C)C)CC(C(O)C(=O)NC(C)(C)C)C1. The zero-order valence-corrected chi connectivity index (χ0v) is 15.1. The molecule has 1 aliphatic rings. The minimum absolute atomic E-state index is 0.271. The van der Waals surface area contributed by atoms with Crippen LogP contribution in [0.15, 0.2) is 0 Å². The van der Waals surface area contributed by atoms with E-state index >= 15 is 0 Å². The van der Waals surface area contributed by atoms with Gasteiger partial charge in [-0.2, -0.15) is 0 Å². The highest BCUT2D eigenvalue weighted by Crippen LogP contribution is 2.40. The maximum Gasteiger partial charge on any atom is 0.409 e. The van der Waals surface area contributed by atoms with Crippen LogP contribution in [0.3, 0.4) is 0 Å². The summed E-state index contributed by atoms with van der Waals surface area (Å²) in [5, 5.41) is 15.6. The number of alkyl carbamates (subject to hydrolysis) is 1. The van der Waals surface area contributed by atoms with E-state index in [0.717, 1.165) is 0 Å². The number of aliphatic hydroxyl groups is 1. The summed E-state index contributed by atoms with van der Waals surface area (Å²) in [4.78, 5) is 23.9. The molecule has 0 aromatic heterocycles. The van der Waals surface area contributed by atoms with Crippen molar-refractivity contribution >= 4 is 12.0 Å². The van der Waals surface area contributed by atoms with E-state index in [1.165, 1.54) is 7.11 Å². The normalized spacial score (nSPS) is 26.0. The maximum absolute atomic E-state index is 12.0. The average Bonchev–Trinajstić information content (AvgIpc) is 2.27. The van der Waals surface area contributed by atoms with Crippen LogP contribution in [-0.2, 0) is 14.3 Å². The van der Waals surface area contributed by atoms with Crippen molar-refractivity contribution < 1.29 is 24.2 Å². The lowest BCUT2D eigenvalue weighted by Crippen LogP contribution is -2.63. The van der Waals surface area contributed by atoms with Crippen molar-refractivity contribution in [3.8, 4) is 0 Å². The van der Waals surface area contributed by atoms with Gasteiger partial charge < -0.3 is 19.9 Å². The van der Waals surface area contributed by atoms with Crippen molar-refractivity contribution in [1.82, 2.24) is 10.6 Å². The fourth-order valence-corrected chi connectivity index (χ4v) is 2.48. The summed E-state index contributed by atoms with van der Waals surface area (Å²) >= 11 is 0. The van der Waals surface area contributed by atoms with E-state index in [1.54, 1.807) is 20.8 Å². The van der Waals surface area contributed by atoms with Crippen LogP contribution in [0, 0.1) is 5.92 Å². The fraction of sp³-hybridized carbons (Fsp3) is 0.875. The smallest absolute Gasteiger partial charge is 0.409 e. The molecule has 1 atom stereocenters. The first-order chi connectivity index (χ1) is 10.3. The van der Waals surface area contributed by atoms with E-state index < -0.39 is 35.0 Å². The van der Waals surface area contributed by atoms with Crippen LogP contribution in [0.2, 0.25) is 0 Å². The van der Waals surface area contributed by atoms with E-state index in [0.29, 0.717) is 12.8 Å². The van der Waals surface area contributed by atoms with Gasteiger partial charge in [-0.05, 0) is 41.5 Å². The largest absolute Gasteiger partial charge is 0.444 e. The number of amides is 2. The second kappa shape index (κ2) is 6.65. The van der Waals surface area contributed by atoms with Gasteiger partial charge in [0.1, 0.15) is 17.4 Å². The van der Waals surface area contributed by atoms with Gasteiger partial charge in [-0.15, -0.1) is 0 Å². The Bertz CT molecular complexity index is 444. The molecule has 1 fully saturated rings. The Balaban J connectivity index is 2.56. The minimum atomic E-state index is -1.13. The molecule has 1 rings (SSSR count). The van der Waals surface area contributed by atoms with E-state index in [-0.39, 0.29) is 5.92 Å².